The standard InChI is InChI=1S/C21H20N4O5/c1-3-30-19(27)16-15-12-22-18(26)17(15)25(23-16)14-6-4-5-13(11-14)7-8-21(29)9-10-24(2)20(21)28/h4-6,11,29H,3,9-10,12H2,1-2H3,(H,22,26)/t21-/m1/s1. The second-order valence-electron chi connectivity index (χ2n) is 7.13. The average molecular weight is 408 g/mol. The molecule has 3 heterocycles. The zero-order valence-electron chi connectivity index (χ0n) is 16.6. The van der Waals surface area contributed by atoms with Crippen LogP contribution in [-0.4, -0.2) is 63.4 Å². The number of benzene rings is 1. The smallest absolute Gasteiger partial charge is 0.359 e. The van der Waals surface area contributed by atoms with Gasteiger partial charge in [-0.15, -0.1) is 0 Å². The van der Waals surface area contributed by atoms with Crippen LogP contribution in [0.25, 0.3) is 5.69 Å². The largest absolute Gasteiger partial charge is 0.461 e. The first-order valence-corrected chi connectivity index (χ1v) is 9.53. The van der Waals surface area contributed by atoms with Crippen molar-refractivity contribution in [1.82, 2.24) is 20.0 Å². The summed E-state index contributed by atoms with van der Waals surface area (Å²) in [7, 11) is 1.62. The van der Waals surface area contributed by atoms with Gasteiger partial charge in [0.25, 0.3) is 11.8 Å². The summed E-state index contributed by atoms with van der Waals surface area (Å²) < 4.78 is 6.43. The minimum atomic E-state index is -1.70. The van der Waals surface area contributed by atoms with E-state index in [1.807, 2.05) is 0 Å². The van der Waals surface area contributed by atoms with Crippen molar-refractivity contribution in [1.29, 1.82) is 0 Å². The molecule has 1 saturated heterocycles. The quantitative estimate of drug-likeness (QED) is 0.556. The van der Waals surface area contributed by atoms with Gasteiger partial charge in [0, 0.05) is 37.7 Å². The van der Waals surface area contributed by atoms with Gasteiger partial charge in [0.1, 0.15) is 5.69 Å². The third-order valence-electron chi connectivity index (χ3n) is 5.11. The normalized spacial score (nSPS) is 19.9. The molecule has 2 aliphatic heterocycles. The first kappa shape index (κ1) is 19.7. The summed E-state index contributed by atoms with van der Waals surface area (Å²) in [5.74, 6) is 4.15. The highest BCUT2D eigenvalue weighted by Crippen LogP contribution is 2.25. The maximum absolute atomic E-state index is 12.3. The molecule has 2 amide bonds. The number of likely N-dealkylation sites (tertiary alicyclic amines) is 1. The molecule has 1 aromatic carbocycles. The molecule has 2 N–H and O–H groups in total. The van der Waals surface area contributed by atoms with Gasteiger partial charge in [-0.2, -0.15) is 5.10 Å². The van der Waals surface area contributed by atoms with Crippen LogP contribution < -0.4 is 5.32 Å². The van der Waals surface area contributed by atoms with Gasteiger partial charge in [-0.05, 0) is 25.1 Å². The van der Waals surface area contributed by atoms with Crippen molar-refractivity contribution in [3.05, 3.63) is 46.8 Å². The number of likely N-dealkylation sites (N-methyl/N-ethyl adjacent to an activating group) is 1. The molecule has 0 bridgehead atoms. The number of ether oxygens (including phenoxy) is 1. The molecule has 1 fully saturated rings. The molecule has 154 valence electrons. The first-order valence-electron chi connectivity index (χ1n) is 9.53. The lowest BCUT2D eigenvalue weighted by molar-refractivity contribution is -0.137. The van der Waals surface area contributed by atoms with E-state index in [0.717, 1.165) is 0 Å². The minimum absolute atomic E-state index is 0.0931. The van der Waals surface area contributed by atoms with Gasteiger partial charge in [-0.3, -0.25) is 9.59 Å². The van der Waals surface area contributed by atoms with Gasteiger partial charge < -0.3 is 20.1 Å². The number of aromatic nitrogens is 2. The van der Waals surface area contributed by atoms with Crippen LogP contribution in [0.1, 0.15) is 45.4 Å². The lowest BCUT2D eigenvalue weighted by Gasteiger charge is -2.13. The van der Waals surface area contributed by atoms with Crippen molar-refractivity contribution >= 4 is 17.8 Å². The molecule has 30 heavy (non-hydrogen) atoms. The highest BCUT2D eigenvalue weighted by molar-refractivity contribution is 6.01. The third kappa shape index (κ3) is 3.21. The van der Waals surface area contributed by atoms with Gasteiger partial charge in [-0.1, -0.05) is 17.9 Å². The molecule has 1 atom stereocenters. The Balaban J connectivity index is 1.72. The molecule has 2 aliphatic rings. The number of rotatable bonds is 3. The maximum atomic E-state index is 12.3. The fourth-order valence-corrected chi connectivity index (χ4v) is 3.51. The van der Waals surface area contributed by atoms with E-state index >= 15 is 0 Å². The van der Waals surface area contributed by atoms with Gasteiger partial charge in [0.15, 0.2) is 5.69 Å². The second-order valence-corrected chi connectivity index (χ2v) is 7.13. The Morgan fingerprint density at radius 3 is 2.90 bits per heavy atom. The van der Waals surface area contributed by atoms with Crippen LogP contribution in [0.15, 0.2) is 24.3 Å². The molecule has 0 radical (unpaired) electrons. The number of amides is 2. The molecular weight excluding hydrogens is 388 g/mol. The Kier molecular flexibility index (Phi) is 4.79. The van der Waals surface area contributed by atoms with E-state index in [0.29, 0.717) is 23.4 Å². The topological polar surface area (TPSA) is 114 Å². The number of nitrogens with zero attached hydrogens (tertiary/aromatic N) is 3. The summed E-state index contributed by atoms with van der Waals surface area (Å²) in [6, 6.07) is 6.84. The van der Waals surface area contributed by atoms with Crippen molar-refractivity contribution in [2.75, 3.05) is 20.2 Å². The van der Waals surface area contributed by atoms with Gasteiger partial charge in [0.2, 0.25) is 5.60 Å². The Morgan fingerprint density at radius 1 is 1.40 bits per heavy atom. The minimum Gasteiger partial charge on any atom is -0.461 e. The Morgan fingerprint density at radius 2 is 2.20 bits per heavy atom. The van der Waals surface area contributed by atoms with Crippen molar-refractivity contribution < 1.29 is 24.2 Å². The summed E-state index contributed by atoms with van der Waals surface area (Å²) in [4.78, 5) is 38.1. The highest BCUT2D eigenvalue weighted by Gasteiger charge is 2.42. The lowest BCUT2D eigenvalue weighted by Crippen LogP contribution is -2.37. The molecule has 9 heteroatoms. The number of nitrogens with one attached hydrogen (secondary N) is 1. The van der Waals surface area contributed by atoms with Gasteiger partial charge in [0.05, 0.1) is 12.3 Å². The Bertz CT molecular complexity index is 1130. The summed E-state index contributed by atoms with van der Waals surface area (Å²) in [5, 5.41) is 17.5. The second kappa shape index (κ2) is 7.31. The van der Waals surface area contributed by atoms with Crippen LogP contribution in [0.2, 0.25) is 0 Å². The molecular formula is C21H20N4O5. The molecule has 0 saturated carbocycles. The number of hydrogen-bond donors (Lipinski definition) is 2. The number of fused-ring (bicyclic) bond motifs is 1. The highest BCUT2D eigenvalue weighted by atomic mass is 16.5. The van der Waals surface area contributed by atoms with Crippen molar-refractivity contribution in [3.8, 4) is 17.5 Å². The van der Waals surface area contributed by atoms with Crippen LogP contribution in [0.4, 0.5) is 0 Å². The van der Waals surface area contributed by atoms with E-state index in [4.69, 9.17) is 4.74 Å². The van der Waals surface area contributed by atoms with E-state index < -0.39 is 17.5 Å². The number of hydrogen-bond acceptors (Lipinski definition) is 6. The predicted molar refractivity (Wildman–Crippen MR) is 105 cm³/mol. The molecule has 0 spiro atoms. The molecule has 1 aromatic heterocycles. The zero-order valence-corrected chi connectivity index (χ0v) is 16.6. The summed E-state index contributed by atoms with van der Waals surface area (Å²) in [6.45, 7) is 2.53. The number of carbonyl (C=O) groups excluding carboxylic acids is 3. The zero-order chi connectivity index (χ0) is 21.5. The maximum Gasteiger partial charge on any atom is 0.359 e. The number of carbonyl (C=O) groups is 3. The first-order chi connectivity index (χ1) is 14.3. The van der Waals surface area contributed by atoms with E-state index in [2.05, 4.69) is 22.3 Å². The fourth-order valence-electron chi connectivity index (χ4n) is 3.51. The van der Waals surface area contributed by atoms with Crippen LogP contribution in [0.3, 0.4) is 0 Å². The van der Waals surface area contributed by atoms with Gasteiger partial charge in [-0.25, -0.2) is 9.48 Å². The molecule has 0 unspecified atom stereocenters. The Labute approximate surface area is 172 Å². The van der Waals surface area contributed by atoms with Crippen molar-refractivity contribution in [3.63, 3.8) is 0 Å². The Hall–Kier alpha value is -3.64. The SMILES string of the molecule is CCOC(=O)c1nn(-c2cccc(C#C[C@@]3(O)CCN(C)C3=O)c2)c2c1CNC2=O. The van der Waals surface area contributed by atoms with Crippen LogP contribution in [0, 0.1) is 11.8 Å². The van der Waals surface area contributed by atoms with Gasteiger partial charge >= 0.3 is 5.97 Å². The number of aliphatic hydroxyl groups is 1. The van der Waals surface area contributed by atoms with Crippen LogP contribution in [0.5, 0.6) is 0 Å². The van der Waals surface area contributed by atoms with Crippen LogP contribution >= 0.6 is 0 Å². The van der Waals surface area contributed by atoms with E-state index in [9.17, 15) is 19.5 Å². The van der Waals surface area contributed by atoms with Crippen LogP contribution in [-0.2, 0) is 16.1 Å². The molecule has 4 rings (SSSR count). The van der Waals surface area contributed by atoms with Crippen molar-refractivity contribution in [2.24, 2.45) is 0 Å². The lowest BCUT2D eigenvalue weighted by atomic mass is 10.0. The van der Waals surface area contributed by atoms with Crippen molar-refractivity contribution in [2.45, 2.75) is 25.5 Å². The summed E-state index contributed by atoms with van der Waals surface area (Å²) >= 11 is 0. The predicted octanol–water partition coefficient (Wildman–Crippen LogP) is 0.237. The van der Waals surface area contributed by atoms with E-state index in [1.165, 1.54) is 9.58 Å². The monoisotopic (exact) mass is 408 g/mol. The van der Waals surface area contributed by atoms with E-state index in [-0.39, 0.29) is 36.9 Å². The third-order valence-corrected chi connectivity index (χ3v) is 5.11. The summed E-state index contributed by atoms with van der Waals surface area (Å²) in [6.07, 6.45) is 0.241. The summed E-state index contributed by atoms with van der Waals surface area (Å²) in [5.41, 5.74) is 0.208. The van der Waals surface area contributed by atoms with E-state index in [1.54, 1.807) is 38.2 Å². The number of esters is 1. The molecule has 2 aromatic rings. The average Bonchev–Trinajstić information content (AvgIpc) is 3.38. The molecule has 9 nitrogen and oxygen atoms in total. The fraction of sp³-hybridized carbons (Fsp3) is 0.333. The molecule has 0 aliphatic carbocycles.